The molecule has 2 atom stereocenters. The van der Waals surface area contributed by atoms with E-state index in [0.717, 1.165) is 17.0 Å². The lowest BCUT2D eigenvalue weighted by Gasteiger charge is -2.38. The number of halogens is 3. The van der Waals surface area contributed by atoms with Gasteiger partial charge in [-0.3, -0.25) is 4.79 Å². The Kier molecular flexibility index (Phi) is 7.69. The number of benzene rings is 2. The molecule has 186 valence electrons. The van der Waals surface area contributed by atoms with E-state index in [9.17, 15) is 23.1 Å². The quantitative estimate of drug-likeness (QED) is 0.569. The molecule has 0 aromatic heterocycles. The van der Waals surface area contributed by atoms with E-state index in [-0.39, 0.29) is 18.9 Å². The molecule has 0 bridgehead atoms. The number of thiocarbonyl (C=S) groups is 1. The number of rotatable bonds is 7. The minimum absolute atomic E-state index is 0.0141. The number of anilines is 2. The Morgan fingerprint density at radius 1 is 1.20 bits per heavy atom. The fourth-order valence-electron chi connectivity index (χ4n) is 3.71. The monoisotopic (exact) mass is 507 g/mol. The van der Waals surface area contributed by atoms with Gasteiger partial charge in [0, 0.05) is 18.4 Å². The summed E-state index contributed by atoms with van der Waals surface area (Å²) in [7, 11) is 1.36. The van der Waals surface area contributed by atoms with Gasteiger partial charge in [-0.25, -0.2) is 0 Å². The van der Waals surface area contributed by atoms with E-state index >= 15 is 0 Å². The highest BCUT2D eigenvalue weighted by molar-refractivity contribution is 7.79. The Hall–Kier alpha value is -3.20. The molecule has 0 radical (unpaired) electrons. The van der Waals surface area contributed by atoms with E-state index in [1.54, 1.807) is 38.1 Å². The number of nitriles is 1. The topological polar surface area (TPSA) is 86.0 Å². The molecule has 2 aromatic carbocycles. The van der Waals surface area contributed by atoms with Crippen LogP contribution in [-0.2, 0) is 15.7 Å². The van der Waals surface area contributed by atoms with Crippen molar-refractivity contribution < 1.29 is 32.5 Å². The lowest BCUT2D eigenvalue weighted by atomic mass is 9.99. The van der Waals surface area contributed by atoms with Gasteiger partial charge in [-0.1, -0.05) is 12.2 Å². The van der Waals surface area contributed by atoms with Crippen LogP contribution in [0, 0.1) is 11.3 Å². The van der Waals surface area contributed by atoms with E-state index in [1.807, 2.05) is 0 Å². The average Bonchev–Trinajstić information content (AvgIpc) is 3.22. The number of ether oxygens (including phenoxy) is 2. The standard InChI is InChI=1S/C24H24F3N3O4S/c1-23(2,22(32)29(3)17-5-4-15(11-28)19(10-17)24(25,26)27)30(14-35)16-6-8-18(9-7-16)34-21-13-33-12-20(21)31/h4-10,14,20-21,31H,12-13H2,1-3H3/t20-,21-/m0/s1. The van der Waals surface area contributed by atoms with E-state index in [1.165, 1.54) is 29.6 Å². The van der Waals surface area contributed by atoms with Gasteiger partial charge in [0.25, 0.3) is 5.91 Å². The fourth-order valence-corrected chi connectivity index (χ4v) is 4.10. The Morgan fingerprint density at radius 2 is 1.83 bits per heavy atom. The first kappa shape index (κ1) is 26.4. The SMILES string of the molecule is CN(C(=O)C(C)(C)N(C=S)c1ccc(O[C@H]2COC[C@@H]2O)cc1)c1ccc(C#N)c(C(F)(F)F)c1. The van der Waals surface area contributed by atoms with Crippen molar-refractivity contribution in [2.45, 2.75) is 37.8 Å². The van der Waals surface area contributed by atoms with Crippen LogP contribution in [0.15, 0.2) is 42.5 Å². The number of carbonyl (C=O) groups excluding carboxylic acids is 1. The molecule has 1 N–H and O–H groups in total. The smallest absolute Gasteiger partial charge is 0.417 e. The maximum absolute atomic E-state index is 13.4. The number of hydrogen-bond donors (Lipinski definition) is 1. The summed E-state index contributed by atoms with van der Waals surface area (Å²) < 4.78 is 51.1. The zero-order chi connectivity index (χ0) is 26.0. The number of aliphatic hydroxyl groups is 1. The molecule has 1 amide bonds. The maximum Gasteiger partial charge on any atom is 0.417 e. The number of aliphatic hydroxyl groups excluding tert-OH is 1. The molecular formula is C24H24F3N3O4S. The number of amides is 1. The summed E-state index contributed by atoms with van der Waals surface area (Å²) in [5.74, 6) is -0.0332. The first-order valence-corrected chi connectivity index (χ1v) is 11.0. The van der Waals surface area contributed by atoms with Crippen molar-refractivity contribution in [1.29, 1.82) is 5.26 Å². The van der Waals surface area contributed by atoms with Gasteiger partial charge in [-0.05, 0) is 56.3 Å². The molecule has 1 aliphatic heterocycles. The molecule has 1 heterocycles. The second-order valence-electron chi connectivity index (χ2n) is 8.49. The van der Waals surface area contributed by atoms with Gasteiger partial charge in [-0.2, -0.15) is 18.4 Å². The molecular weight excluding hydrogens is 483 g/mol. The van der Waals surface area contributed by atoms with Gasteiger partial charge in [0.1, 0.15) is 23.5 Å². The number of alkyl halides is 3. The largest absolute Gasteiger partial charge is 0.485 e. The van der Waals surface area contributed by atoms with E-state index in [0.29, 0.717) is 11.4 Å². The third kappa shape index (κ3) is 5.56. The number of nitrogens with zero attached hydrogens (tertiary/aromatic N) is 3. The lowest BCUT2D eigenvalue weighted by molar-refractivity contribution is -0.137. The minimum Gasteiger partial charge on any atom is -0.485 e. The lowest BCUT2D eigenvalue weighted by Crippen LogP contribution is -2.55. The van der Waals surface area contributed by atoms with Crippen molar-refractivity contribution in [1.82, 2.24) is 0 Å². The number of carbonyl (C=O) groups is 1. The van der Waals surface area contributed by atoms with Crippen LogP contribution in [0.3, 0.4) is 0 Å². The zero-order valence-corrected chi connectivity index (χ0v) is 20.1. The van der Waals surface area contributed by atoms with Gasteiger partial charge in [0.2, 0.25) is 0 Å². The second-order valence-corrected chi connectivity index (χ2v) is 8.70. The molecule has 11 heteroatoms. The minimum atomic E-state index is -4.74. The Labute approximate surface area is 206 Å². The first-order valence-electron chi connectivity index (χ1n) is 10.6. The normalized spacial score (nSPS) is 18.0. The molecule has 0 aliphatic carbocycles. The van der Waals surface area contributed by atoms with E-state index in [2.05, 4.69) is 0 Å². The molecule has 1 saturated heterocycles. The Morgan fingerprint density at radius 3 is 2.34 bits per heavy atom. The summed E-state index contributed by atoms with van der Waals surface area (Å²) in [5.41, 5.74) is -1.09. The third-order valence-corrected chi connectivity index (χ3v) is 5.97. The predicted molar refractivity (Wildman–Crippen MR) is 127 cm³/mol. The Bertz CT molecular complexity index is 1130. The summed E-state index contributed by atoms with van der Waals surface area (Å²) in [4.78, 5) is 16.0. The molecule has 0 saturated carbocycles. The van der Waals surface area contributed by atoms with Gasteiger partial charge >= 0.3 is 6.18 Å². The summed E-state index contributed by atoms with van der Waals surface area (Å²) in [5, 5.41) is 18.9. The second kappa shape index (κ2) is 10.2. The van der Waals surface area contributed by atoms with Crippen molar-refractivity contribution in [3.63, 3.8) is 0 Å². The van der Waals surface area contributed by atoms with Crippen LogP contribution in [0.5, 0.6) is 5.75 Å². The van der Waals surface area contributed by atoms with Gasteiger partial charge in [0.05, 0.1) is 35.9 Å². The summed E-state index contributed by atoms with van der Waals surface area (Å²) in [6, 6.07) is 11.3. The van der Waals surface area contributed by atoms with Crippen molar-refractivity contribution in [2.75, 3.05) is 30.1 Å². The van der Waals surface area contributed by atoms with Crippen LogP contribution >= 0.6 is 12.2 Å². The summed E-state index contributed by atoms with van der Waals surface area (Å²) >= 11 is 5.16. The fraction of sp³-hybridized carbons (Fsp3) is 0.375. The Balaban J connectivity index is 1.83. The van der Waals surface area contributed by atoms with Crippen molar-refractivity contribution in [3.8, 4) is 11.8 Å². The van der Waals surface area contributed by atoms with Crippen molar-refractivity contribution in [2.24, 2.45) is 0 Å². The van der Waals surface area contributed by atoms with Crippen LogP contribution in [0.1, 0.15) is 25.0 Å². The molecule has 35 heavy (non-hydrogen) atoms. The third-order valence-electron chi connectivity index (χ3n) is 5.75. The molecule has 1 fully saturated rings. The van der Waals surface area contributed by atoms with Gasteiger partial charge in [0.15, 0.2) is 0 Å². The molecule has 1 aliphatic rings. The molecule has 3 rings (SSSR count). The molecule has 0 unspecified atom stereocenters. The molecule has 2 aromatic rings. The van der Waals surface area contributed by atoms with E-state index in [4.69, 9.17) is 27.0 Å². The van der Waals surface area contributed by atoms with Gasteiger partial charge < -0.3 is 24.4 Å². The summed E-state index contributed by atoms with van der Waals surface area (Å²) in [6.45, 7) is 3.67. The highest BCUT2D eigenvalue weighted by Gasteiger charge is 2.39. The highest BCUT2D eigenvalue weighted by atomic mass is 32.1. The van der Waals surface area contributed by atoms with Crippen molar-refractivity contribution >= 4 is 35.0 Å². The van der Waals surface area contributed by atoms with Crippen LogP contribution in [0.4, 0.5) is 24.5 Å². The zero-order valence-electron chi connectivity index (χ0n) is 19.2. The number of likely N-dealkylation sites (N-methyl/N-ethyl adjacent to an activating group) is 1. The molecule has 7 nitrogen and oxygen atoms in total. The van der Waals surface area contributed by atoms with Crippen LogP contribution in [0.2, 0.25) is 0 Å². The van der Waals surface area contributed by atoms with Crippen LogP contribution < -0.4 is 14.5 Å². The summed E-state index contributed by atoms with van der Waals surface area (Å²) in [6.07, 6.45) is -5.95. The van der Waals surface area contributed by atoms with E-state index < -0.39 is 41.0 Å². The van der Waals surface area contributed by atoms with Crippen LogP contribution in [-0.4, -0.2) is 54.5 Å². The molecule has 0 spiro atoms. The van der Waals surface area contributed by atoms with Gasteiger partial charge in [-0.15, -0.1) is 0 Å². The first-order chi connectivity index (χ1) is 16.4. The number of hydrogen-bond acceptors (Lipinski definition) is 6. The maximum atomic E-state index is 13.4. The van der Waals surface area contributed by atoms with Crippen molar-refractivity contribution in [3.05, 3.63) is 53.6 Å². The predicted octanol–water partition coefficient (Wildman–Crippen LogP) is 3.92. The highest BCUT2D eigenvalue weighted by Crippen LogP contribution is 2.35. The average molecular weight is 508 g/mol. The van der Waals surface area contributed by atoms with Crippen LogP contribution in [0.25, 0.3) is 0 Å².